The van der Waals surface area contributed by atoms with Gasteiger partial charge in [-0.3, -0.25) is 4.68 Å². The van der Waals surface area contributed by atoms with Crippen LogP contribution in [0.5, 0.6) is 0 Å². The van der Waals surface area contributed by atoms with Gasteiger partial charge >= 0.3 is 5.97 Å². The second-order valence-corrected chi connectivity index (χ2v) is 3.95. The van der Waals surface area contributed by atoms with Crippen molar-refractivity contribution in [1.82, 2.24) is 9.78 Å². The molecule has 1 heterocycles. The van der Waals surface area contributed by atoms with Gasteiger partial charge in [-0.15, -0.1) is 0 Å². The summed E-state index contributed by atoms with van der Waals surface area (Å²) in [6, 6.07) is 6.41. The highest BCUT2D eigenvalue weighted by Gasteiger charge is 2.09. The Labute approximate surface area is 104 Å². The summed E-state index contributed by atoms with van der Waals surface area (Å²) in [5.41, 5.74) is 13.1. The number of carbonyl (C=O) groups is 1. The van der Waals surface area contributed by atoms with E-state index in [-0.39, 0.29) is 6.61 Å². The highest BCUT2D eigenvalue weighted by molar-refractivity contribution is 5.91. The van der Waals surface area contributed by atoms with E-state index in [1.165, 1.54) is 12.1 Å². The Kier molecular flexibility index (Phi) is 3.18. The van der Waals surface area contributed by atoms with E-state index in [1.807, 2.05) is 0 Å². The molecule has 6 nitrogen and oxygen atoms in total. The number of aromatic nitrogens is 2. The van der Waals surface area contributed by atoms with Gasteiger partial charge in [0.15, 0.2) is 0 Å². The van der Waals surface area contributed by atoms with Gasteiger partial charge in [-0.1, -0.05) is 0 Å². The molecule has 0 aliphatic heterocycles. The number of aryl methyl sites for hydroxylation is 1. The number of carbonyl (C=O) groups excluding carboxylic acids is 1. The van der Waals surface area contributed by atoms with Crippen molar-refractivity contribution in [2.24, 2.45) is 7.05 Å². The van der Waals surface area contributed by atoms with Crippen LogP contribution in [-0.4, -0.2) is 15.7 Å². The van der Waals surface area contributed by atoms with Crippen molar-refractivity contribution in [1.29, 1.82) is 0 Å². The summed E-state index contributed by atoms with van der Waals surface area (Å²) < 4.78 is 6.75. The fraction of sp³-hybridized carbons (Fsp3) is 0.167. The molecule has 0 spiro atoms. The molecule has 1 aromatic heterocycles. The number of rotatable bonds is 3. The largest absolute Gasteiger partial charge is 0.456 e. The van der Waals surface area contributed by atoms with Gasteiger partial charge in [-0.05, 0) is 24.3 Å². The Morgan fingerprint density at radius 1 is 1.33 bits per heavy atom. The average molecular weight is 246 g/mol. The first-order valence-corrected chi connectivity index (χ1v) is 5.36. The zero-order valence-corrected chi connectivity index (χ0v) is 9.96. The number of nitrogens with two attached hydrogens (primary N) is 2. The molecule has 0 amide bonds. The smallest absolute Gasteiger partial charge is 0.338 e. The summed E-state index contributed by atoms with van der Waals surface area (Å²) in [5.74, 6) is -0.473. The Balaban J connectivity index is 2.03. The Morgan fingerprint density at radius 3 is 2.56 bits per heavy atom. The van der Waals surface area contributed by atoms with Gasteiger partial charge in [0.1, 0.15) is 6.61 Å². The molecular formula is C12H14N4O2. The maximum Gasteiger partial charge on any atom is 0.338 e. The molecule has 0 radical (unpaired) electrons. The second kappa shape index (κ2) is 4.79. The summed E-state index contributed by atoms with van der Waals surface area (Å²) in [6.07, 6.45) is 1.78. The highest BCUT2D eigenvalue weighted by atomic mass is 16.5. The number of hydrogen-bond donors (Lipinski definition) is 2. The van der Waals surface area contributed by atoms with Gasteiger partial charge in [-0.2, -0.15) is 5.10 Å². The molecule has 2 rings (SSSR count). The summed E-state index contributed by atoms with van der Waals surface area (Å²) in [7, 11) is 1.80. The molecule has 18 heavy (non-hydrogen) atoms. The van der Waals surface area contributed by atoms with Crippen molar-refractivity contribution in [2.75, 3.05) is 11.5 Å². The van der Waals surface area contributed by atoms with E-state index < -0.39 is 5.97 Å². The van der Waals surface area contributed by atoms with E-state index in [1.54, 1.807) is 30.1 Å². The monoisotopic (exact) mass is 246 g/mol. The molecule has 0 aliphatic carbocycles. The van der Waals surface area contributed by atoms with E-state index in [9.17, 15) is 4.79 Å². The third kappa shape index (κ3) is 2.79. The molecule has 0 fully saturated rings. The van der Waals surface area contributed by atoms with Crippen LogP contribution in [0.3, 0.4) is 0 Å². The number of anilines is 2. The first-order valence-electron chi connectivity index (χ1n) is 5.36. The SMILES string of the molecule is Cn1ccc(COC(=O)c2cc(N)cc(N)c2)n1. The van der Waals surface area contributed by atoms with Gasteiger partial charge in [-0.25, -0.2) is 4.79 Å². The second-order valence-electron chi connectivity index (χ2n) is 3.95. The third-order valence-electron chi connectivity index (χ3n) is 2.33. The van der Waals surface area contributed by atoms with Crippen LogP contribution in [0.2, 0.25) is 0 Å². The van der Waals surface area contributed by atoms with Crippen molar-refractivity contribution in [3.05, 3.63) is 41.7 Å². The van der Waals surface area contributed by atoms with Crippen LogP contribution in [0.1, 0.15) is 16.1 Å². The average Bonchev–Trinajstić information content (AvgIpc) is 2.70. The number of hydrogen-bond acceptors (Lipinski definition) is 5. The number of ether oxygens (including phenoxy) is 1. The zero-order valence-electron chi connectivity index (χ0n) is 9.96. The molecule has 2 aromatic rings. The fourth-order valence-corrected chi connectivity index (χ4v) is 1.56. The molecule has 94 valence electrons. The predicted molar refractivity (Wildman–Crippen MR) is 67.6 cm³/mol. The molecule has 0 bridgehead atoms. The van der Waals surface area contributed by atoms with Crippen molar-refractivity contribution < 1.29 is 9.53 Å². The van der Waals surface area contributed by atoms with Crippen LogP contribution >= 0.6 is 0 Å². The van der Waals surface area contributed by atoms with E-state index in [4.69, 9.17) is 16.2 Å². The minimum absolute atomic E-state index is 0.119. The van der Waals surface area contributed by atoms with Crippen LogP contribution in [0.15, 0.2) is 30.5 Å². The third-order valence-corrected chi connectivity index (χ3v) is 2.33. The first kappa shape index (κ1) is 12.0. The first-order chi connectivity index (χ1) is 8.54. The van der Waals surface area contributed by atoms with E-state index >= 15 is 0 Å². The summed E-state index contributed by atoms with van der Waals surface area (Å²) in [5, 5.41) is 4.10. The summed E-state index contributed by atoms with van der Waals surface area (Å²) in [6.45, 7) is 0.119. The normalized spacial score (nSPS) is 10.3. The molecule has 4 N–H and O–H groups in total. The van der Waals surface area contributed by atoms with E-state index in [0.717, 1.165) is 0 Å². The molecule has 6 heteroatoms. The topological polar surface area (TPSA) is 96.2 Å². The van der Waals surface area contributed by atoms with Crippen LogP contribution in [0.4, 0.5) is 11.4 Å². The lowest BCUT2D eigenvalue weighted by molar-refractivity contribution is 0.0467. The quantitative estimate of drug-likeness (QED) is 0.620. The zero-order chi connectivity index (χ0) is 13.1. The molecule has 0 saturated carbocycles. The minimum Gasteiger partial charge on any atom is -0.456 e. The van der Waals surface area contributed by atoms with Crippen molar-refractivity contribution in [3.63, 3.8) is 0 Å². The molecule has 0 unspecified atom stereocenters. The molecular weight excluding hydrogens is 232 g/mol. The van der Waals surface area contributed by atoms with Gasteiger partial charge in [0.05, 0.1) is 11.3 Å². The number of nitrogens with zero attached hydrogens (tertiary/aromatic N) is 2. The maximum atomic E-state index is 11.8. The lowest BCUT2D eigenvalue weighted by Gasteiger charge is -2.05. The van der Waals surface area contributed by atoms with Crippen LogP contribution in [0.25, 0.3) is 0 Å². The Hall–Kier alpha value is -2.50. The van der Waals surface area contributed by atoms with Crippen LogP contribution in [0, 0.1) is 0 Å². The minimum atomic E-state index is -0.473. The van der Waals surface area contributed by atoms with E-state index in [2.05, 4.69) is 5.10 Å². The summed E-state index contributed by atoms with van der Waals surface area (Å²) in [4.78, 5) is 11.8. The molecule has 0 aliphatic rings. The van der Waals surface area contributed by atoms with E-state index in [0.29, 0.717) is 22.6 Å². The lowest BCUT2D eigenvalue weighted by atomic mass is 10.2. The Bertz CT molecular complexity index is 557. The van der Waals surface area contributed by atoms with Crippen LogP contribution < -0.4 is 11.5 Å². The number of benzene rings is 1. The fourth-order valence-electron chi connectivity index (χ4n) is 1.56. The molecule has 0 saturated heterocycles. The van der Waals surface area contributed by atoms with Gasteiger partial charge in [0.25, 0.3) is 0 Å². The van der Waals surface area contributed by atoms with Gasteiger partial charge < -0.3 is 16.2 Å². The van der Waals surface area contributed by atoms with Gasteiger partial charge in [0, 0.05) is 24.6 Å². The van der Waals surface area contributed by atoms with Crippen LogP contribution in [-0.2, 0) is 18.4 Å². The maximum absolute atomic E-state index is 11.8. The summed E-state index contributed by atoms with van der Waals surface area (Å²) >= 11 is 0. The van der Waals surface area contributed by atoms with Crippen molar-refractivity contribution in [3.8, 4) is 0 Å². The number of esters is 1. The molecule has 0 atom stereocenters. The molecule has 1 aromatic carbocycles. The van der Waals surface area contributed by atoms with Crippen molar-refractivity contribution in [2.45, 2.75) is 6.61 Å². The predicted octanol–water partition coefficient (Wildman–Crippen LogP) is 0.942. The Morgan fingerprint density at radius 2 is 2.00 bits per heavy atom. The number of nitrogen functional groups attached to an aromatic ring is 2. The van der Waals surface area contributed by atoms with Gasteiger partial charge in [0.2, 0.25) is 0 Å². The highest BCUT2D eigenvalue weighted by Crippen LogP contribution is 2.15. The van der Waals surface area contributed by atoms with Crippen molar-refractivity contribution >= 4 is 17.3 Å². The standard InChI is InChI=1S/C12H14N4O2/c1-16-3-2-11(15-16)7-18-12(17)8-4-9(13)6-10(14)5-8/h2-6H,7,13-14H2,1H3. The lowest BCUT2D eigenvalue weighted by Crippen LogP contribution is -2.07.